The van der Waals surface area contributed by atoms with Gasteiger partial charge in [-0.15, -0.1) is 0 Å². The predicted octanol–water partition coefficient (Wildman–Crippen LogP) is 3.02. The zero-order valence-corrected chi connectivity index (χ0v) is 16.9. The molecule has 0 unspecified atom stereocenters. The number of methoxy groups -OCH3 is 2. The molecule has 5 heteroatoms. The first-order valence-corrected chi connectivity index (χ1v) is 9.95. The lowest BCUT2D eigenvalue weighted by Crippen LogP contribution is -2.49. The van der Waals surface area contributed by atoms with E-state index < -0.39 is 0 Å². The number of aryl methyl sites for hydroxylation is 1. The monoisotopic (exact) mass is 382 g/mol. The second-order valence-corrected chi connectivity index (χ2v) is 7.10. The maximum absolute atomic E-state index is 12.6. The van der Waals surface area contributed by atoms with Crippen LogP contribution in [0, 0.1) is 0 Å². The first-order chi connectivity index (χ1) is 13.7. The molecule has 0 spiro atoms. The van der Waals surface area contributed by atoms with Crippen molar-refractivity contribution in [1.29, 1.82) is 0 Å². The summed E-state index contributed by atoms with van der Waals surface area (Å²) >= 11 is 0. The average molecular weight is 383 g/mol. The standard InChI is InChI=1S/C23H30N2O3/c1-27-21-9-5-3-7-19(21)11-12-23(26)25-17-15-24(16-18-25)14-13-20-8-4-6-10-22(20)28-2/h3-10H,11-18H2,1-2H3. The number of amides is 1. The second-order valence-electron chi connectivity index (χ2n) is 7.10. The highest BCUT2D eigenvalue weighted by atomic mass is 16.5. The van der Waals surface area contributed by atoms with Gasteiger partial charge in [0.2, 0.25) is 5.91 Å². The molecule has 1 amide bonds. The summed E-state index contributed by atoms with van der Waals surface area (Å²) in [4.78, 5) is 17.0. The summed E-state index contributed by atoms with van der Waals surface area (Å²) in [5.74, 6) is 2.04. The Labute approximate surface area is 167 Å². The molecule has 2 aromatic rings. The van der Waals surface area contributed by atoms with E-state index in [4.69, 9.17) is 9.47 Å². The van der Waals surface area contributed by atoms with Gasteiger partial charge >= 0.3 is 0 Å². The SMILES string of the molecule is COc1ccccc1CCC(=O)N1CCN(CCc2ccccc2OC)CC1. The highest BCUT2D eigenvalue weighted by molar-refractivity contribution is 5.76. The summed E-state index contributed by atoms with van der Waals surface area (Å²) in [5.41, 5.74) is 2.33. The van der Waals surface area contributed by atoms with E-state index in [0.29, 0.717) is 6.42 Å². The molecule has 0 aromatic heterocycles. The third-order valence-corrected chi connectivity index (χ3v) is 5.42. The fourth-order valence-corrected chi connectivity index (χ4v) is 3.72. The van der Waals surface area contributed by atoms with Crippen LogP contribution in [0.5, 0.6) is 11.5 Å². The van der Waals surface area contributed by atoms with Crippen LogP contribution in [0.1, 0.15) is 17.5 Å². The first-order valence-electron chi connectivity index (χ1n) is 9.95. The lowest BCUT2D eigenvalue weighted by atomic mass is 10.1. The van der Waals surface area contributed by atoms with E-state index in [-0.39, 0.29) is 5.91 Å². The van der Waals surface area contributed by atoms with E-state index in [1.165, 1.54) is 5.56 Å². The van der Waals surface area contributed by atoms with Gasteiger partial charge in [-0.2, -0.15) is 0 Å². The van der Waals surface area contributed by atoms with Gasteiger partial charge < -0.3 is 14.4 Å². The average Bonchev–Trinajstić information content (AvgIpc) is 2.76. The minimum Gasteiger partial charge on any atom is -0.496 e. The van der Waals surface area contributed by atoms with Crippen LogP contribution in [0.4, 0.5) is 0 Å². The Hall–Kier alpha value is -2.53. The van der Waals surface area contributed by atoms with Crippen LogP contribution in [0.25, 0.3) is 0 Å². The number of piperazine rings is 1. The Kier molecular flexibility index (Phi) is 7.31. The molecule has 1 saturated heterocycles. The van der Waals surface area contributed by atoms with E-state index in [1.807, 2.05) is 41.3 Å². The number of para-hydroxylation sites is 2. The van der Waals surface area contributed by atoms with Crippen molar-refractivity contribution in [3.63, 3.8) is 0 Å². The topological polar surface area (TPSA) is 42.0 Å². The Morgan fingerprint density at radius 2 is 1.36 bits per heavy atom. The molecule has 1 heterocycles. The number of hydrogen-bond acceptors (Lipinski definition) is 4. The van der Waals surface area contributed by atoms with Gasteiger partial charge in [-0.1, -0.05) is 36.4 Å². The van der Waals surface area contributed by atoms with Gasteiger partial charge in [0, 0.05) is 39.1 Å². The quantitative estimate of drug-likeness (QED) is 0.704. The fraction of sp³-hybridized carbons (Fsp3) is 0.435. The van der Waals surface area contributed by atoms with Gasteiger partial charge in [0.15, 0.2) is 0 Å². The molecular weight excluding hydrogens is 352 g/mol. The molecule has 28 heavy (non-hydrogen) atoms. The van der Waals surface area contributed by atoms with Crippen molar-refractivity contribution in [1.82, 2.24) is 9.80 Å². The Bertz CT molecular complexity index is 770. The van der Waals surface area contributed by atoms with E-state index in [9.17, 15) is 4.79 Å². The van der Waals surface area contributed by atoms with Crippen molar-refractivity contribution < 1.29 is 14.3 Å². The van der Waals surface area contributed by atoms with Gasteiger partial charge in [0.05, 0.1) is 14.2 Å². The molecule has 150 valence electrons. The molecule has 3 rings (SSSR count). The molecule has 0 atom stereocenters. The zero-order chi connectivity index (χ0) is 19.8. The van der Waals surface area contributed by atoms with Crippen LogP contribution in [-0.4, -0.2) is 62.7 Å². The minimum absolute atomic E-state index is 0.232. The number of carbonyl (C=O) groups is 1. The van der Waals surface area contributed by atoms with Crippen molar-refractivity contribution in [2.24, 2.45) is 0 Å². The summed E-state index contributed by atoms with van der Waals surface area (Å²) in [6, 6.07) is 16.1. The van der Waals surface area contributed by atoms with Crippen molar-refractivity contribution >= 4 is 5.91 Å². The minimum atomic E-state index is 0.232. The molecule has 0 radical (unpaired) electrons. The van der Waals surface area contributed by atoms with Crippen molar-refractivity contribution in [2.45, 2.75) is 19.3 Å². The zero-order valence-electron chi connectivity index (χ0n) is 16.9. The third-order valence-electron chi connectivity index (χ3n) is 5.42. The van der Waals surface area contributed by atoms with Crippen LogP contribution in [0.15, 0.2) is 48.5 Å². The van der Waals surface area contributed by atoms with E-state index in [2.05, 4.69) is 17.0 Å². The van der Waals surface area contributed by atoms with Crippen LogP contribution in [-0.2, 0) is 17.6 Å². The molecule has 0 saturated carbocycles. The van der Waals surface area contributed by atoms with Crippen molar-refractivity contribution in [3.8, 4) is 11.5 Å². The predicted molar refractivity (Wildman–Crippen MR) is 111 cm³/mol. The van der Waals surface area contributed by atoms with Gasteiger partial charge in [-0.05, 0) is 36.1 Å². The summed E-state index contributed by atoms with van der Waals surface area (Å²) in [5, 5.41) is 0. The lowest BCUT2D eigenvalue weighted by molar-refractivity contribution is -0.132. The largest absolute Gasteiger partial charge is 0.496 e. The number of carbonyl (C=O) groups excluding carboxylic acids is 1. The molecular formula is C23H30N2O3. The number of ether oxygens (including phenoxy) is 2. The Balaban J connectivity index is 1.42. The summed E-state index contributed by atoms with van der Waals surface area (Å²) < 4.78 is 10.8. The molecule has 0 aliphatic carbocycles. The van der Waals surface area contributed by atoms with E-state index >= 15 is 0 Å². The summed E-state index contributed by atoms with van der Waals surface area (Å²) in [6.07, 6.45) is 2.21. The van der Waals surface area contributed by atoms with Gasteiger partial charge in [-0.25, -0.2) is 0 Å². The number of benzene rings is 2. The van der Waals surface area contributed by atoms with Crippen LogP contribution in [0.2, 0.25) is 0 Å². The van der Waals surface area contributed by atoms with Gasteiger partial charge in [0.25, 0.3) is 0 Å². The lowest BCUT2D eigenvalue weighted by Gasteiger charge is -2.35. The molecule has 5 nitrogen and oxygen atoms in total. The molecule has 1 aliphatic rings. The van der Waals surface area contributed by atoms with Crippen molar-refractivity contribution in [2.75, 3.05) is 46.9 Å². The molecule has 2 aromatic carbocycles. The van der Waals surface area contributed by atoms with Gasteiger partial charge in [0.1, 0.15) is 11.5 Å². The fourth-order valence-electron chi connectivity index (χ4n) is 3.72. The Morgan fingerprint density at radius 3 is 1.93 bits per heavy atom. The second kappa shape index (κ2) is 10.1. The summed E-state index contributed by atoms with van der Waals surface area (Å²) in [6.45, 7) is 4.45. The van der Waals surface area contributed by atoms with Crippen LogP contribution < -0.4 is 9.47 Å². The van der Waals surface area contributed by atoms with Crippen LogP contribution >= 0.6 is 0 Å². The smallest absolute Gasteiger partial charge is 0.222 e. The molecule has 1 fully saturated rings. The highest BCUT2D eigenvalue weighted by Crippen LogP contribution is 2.20. The molecule has 0 N–H and O–H groups in total. The van der Waals surface area contributed by atoms with Gasteiger partial charge in [-0.3, -0.25) is 9.69 Å². The van der Waals surface area contributed by atoms with Crippen molar-refractivity contribution in [3.05, 3.63) is 59.7 Å². The van der Waals surface area contributed by atoms with E-state index in [0.717, 1.165) is 62.6 Å². The number of rotatable bonds is 8. The first kappa shape index (κ1) is 20.2. The molecule has 1 aliphatic heterocycles. The van der Waals surface area contributed by atoms with E-state index in [1.54, 1.807) is 14.2 Å². The Morgan fingerprint density at radius 1 is 0.821 bits per heavy atom. The maximum atomic E-state index is 12.6. The normalized spacial score (nSPS) is 14.7. The maximum Gasteiger partial charge on any atom is 0.222 e. The third kappa shape index (κ3) is 5.26. The highest BCUT2D eigenvalue weighted by Gasteiger charge is 2.21. The van der Waals surface area contributed by atoms with Crippen LogP contribution in [0.3, 0.4) is 0 Å². The molecule has 0 bridgehead atoms. The number of nitrogens with zero attached hydrogens (tertiary/aromatic N) is 2. The number of hydrogen-bond donors (Lipinski definition) is 0. The summed E-state index contributed by atoms with van der Waals surface area (Å²) in [7, 11) is 3.39.